The highest BCUT2D eigenvalue weighted by atomic mass is 35.5. The first-order chi connectivity index (χ1) is 32.1. The molecule has 0 aromatic heterocycles. The van der Waals surface area contributed by atoms with E-state index in [1.807, 2.05) is 73.6 Å². The molecule has 2 saturated carbocycles. The van der Waals surface area contributed by atoms with Gasteiger partial charge in [-0.1, -0.05) is 135 Å². The number of nitrogens with zero attached hydrogens (tertiary/aromatic N) is 3. The molecule has 2 aliphatic carbocycles. The van der Waals surface area contributed by atoms with Crippen LogP contribution >= 0.6 is 58.8 Å². The Morgan fingerprint density at radius 3 is 1.46 bits per heavy atom. The maximum absolute atomic E-state index is 13.1. The number of Topliss-reactive ketones (excluding diaryl/α,β-unsaturated/α-hetero) is 2. The van der Waals surface area contributed by atoms with E-state index in [1.165, 1.54) is 38.9 Å². The molecule has 0 aliphatic heterocycles. The Labute approximate surface area is 446 Å². The molecular weight excluding hydrogens is 972 g/mol. The summed E-state index contributed by atoms with van der Waals surface area (Å²) in [6, 6.07) is 17.4. The molecular formula is C55H94Cl5N5O4. The summed E-state index contributed by atoms with van der Waals surface area (Å²) in [5.41, 5.74) is 8.27. The van der Waals surface area contributed by atoms with Gasteiger partial charge in [0.2, 0.25) is 11.1 Å². The van der Waals surface area contributed by atoms with E-state index in [1.54, 1.807) is 19.0 Å². The summed E-state index contributed by atoms with van der Waals surface area (Å²) in [6.07, 6.45) is 9.34. The highest BCUT2D eigenvalue weighted by Crippen LogP contribution is 2.41. The molecule has 2 fully saturated rings. The fourth-order valence-corrected chi connectivity index (χ4v) is 10.0. The van der Waals surface area contributed by atoms with Gasteiger partial charge in [0.15, 0.2) is 0 Å². The zero-order valence-corrected chi connectivity index (χ0v) is 48.6. The Bertz CT molecular complexity index is 1660. The van der Waals surface area contributed by atoms with E-state index in [9.17, 15) is 19.2 Å². The number of likely N-dealkylation sites (N-methyl/N-ethyl adjacent to an activating group) is 2. The monoisotopic (exact) mass is 1060 g/mol. The molecule has 2 aliphatic rings. The fraction of sp³-hybridized carbons (Fsp3) is 0.709. The molecule has 14 heteroatoms. The zero-order chi connectivity index (χ0) is 51.9. The Morgan fingerprint density at radius 1 is 0.681 bits per heavy atom. The van der Waals surface area contributed by atoms with E-state index in [4.69, 9.17) is 52.1 Å². The van der Waals surface area contributed by atoms with Crippen molar-refractivity contribution in [1.82, 2.24) is 20.0 Å². The molecule has 9 nitrogen and oxygen atoms in total. The summed E-state index contributed by atoms with van der Waals surface area (Å²) in [5.74, 6) is 4.64. The lowest BCUT2D eigenvalue weighted by molar-refractivity contribution is -0.128. The van der Waals surface area contributed by atoms with Crippen molar-refractivity contribution >= 4 is 81.5 Å². The molecule has 4 rings (SSSR count). The number of hydrogen-bond donors (Lipinski definition) is 2. The van der Waals surface area contributed by atoms with Crippen molar-refractivity contribution in [2.24, 2.45) is 53.1 Å². The highest BCUT2D eigenvalue weighted by Gasteiger charge is 2.36. The Balaban J connectivity index is 0. The van der Waals surface area contributed by atoms with Gasteiger partial charge in [-0.25, -0.2) is 0 Å². The van der Waals surface area contributed by atoms with Crippen molar-refractivity contribution in [2.75, 3.05) is 66.3 Å². The molecule has 0 radical (unpaired) electrons. The number of hydrogen-bond acceptors (Lipinski definition) is 8. The first kappa shape index (κ1) is 69.3. The van der Waals surface area contributed by atoms with Crippen LogP contribution in [-0.4, -0.2) is 104 Å². The second-order valence-corrected chi connectivity index (χ2v) is 21.7. The molecule has 0 unspecified atom stereocenters. The van der Waals surface area contributed by atoms with Crippen LogP contribution in [0.5, 0.6) is 0 Å². The first-order valence-corrected chi connectivity index (χ1v) is 27.1. The van der Waals surface area contributed by atoms with Crippen LogP contribution in [0.15, 0.2) is 54.6 Å². The lowest BCUT2D eigenvalue weighted by atomic mass is 9.68. The quantitative estimate of drug-likeness (QED) is 0.0995. The molecule has 398 valence electrons. The molecule has 0 heterocycles. The summed E-state index contributed by atoms with van der Waals surface area (Å²) in [4.78, 5) is 54.2. The van der Waals surface area contributed by atoms with E-state index >= 15 is 0 Å². The topological polar surface area (TPSA) is 116 Å². The van der Waals surface area contributed by atoms with Crippen molar-refractivity contribution in [2.45, 2.75) is 139 Å². The predicted molar refractivity (Wildman–Crippen MR) is 299 cm³/mol. The summed E-state index contributed by atoms with van der Waals surface area (Å²) >= 11 is 20.7. The minimum atomic E-state index is -0.315. The van der Waals surface area contributed by atoms with E-state index in [0.29, 0.717) is 90.9 Å². The number of ketones is 2. The summed E-state index contributed by atoms with van der Waals surface area (Å²) in [6.45, 7) is 24.3. The average molecular weight is 1070 g/mol. The fourth-order valence-electron chi connectivity index (χ4n) is 9.49. The minimum absolute atomic E-state index is 0. The van der Waals surface area contributed by atoms with Crippen molar-refractivity contribution in [3.8, 4) is 0 Å². The molecule has 69 heavy (non-hydrogen) atoms. The van der Waals surface area contributed by atoms with Crippen LogP contribution < -0.4 is 11.1 Å². The van der Waals surface area contributed by atoms with Crippen LogP contribution in [0.25, 0.3) is 0 Å². The van der Waals surface area contributed by atoms with Crippen molar-refractivity contribution < 1.29 is 19.2 Å². The van der Waals surface area contributed by atoms with Gasteiger partial charge in [0, 0.05) is 35.7 Å². The van der Waals surface area contributed by atoms with Gasteiger partial charge in [-0.05, 0) is 151 Å². The highest BCUT2D eigenvalue weighted by molar-refractivity contribution is 6.64. The van der Waals surface area contributed by atoms with E-state index in [-0.39, 0.29) is 52.8 Å². The largest absolute Gasteiger partial charge is 0.348 e. The summed E-state index contributed by atoms with van der Waals surface area (Å²) < 4.78 is 0. The third-order valence-electron chi connectivity index (χ3n) is 13.3. The lowest BCUT2D eigenvalue weighted by Gasteiger charge is -2.36. The predicted octanol–water partition coefficient (Wildman–Crippen LogP) is 13.4. The van der Waals surface area contributed by atoms with Crippen molar-refractivity contribution in [3.63, 3.8) is 0 Å². The maximum Gasteiger partial charge on any atom is 0.235 e. The van der Waals surface area contributed by atoms with Crippen LogP contribution in [0.4, 0.5) is 0 Å². The SMILES string of the molecule is CC(C)[C@@H]1CC[C@@H](C)C[C@H]1C(=O)CC[C@@H](N)c1ccccc1Cl.CC(C)[C@@H]1CC[C@@H](C)C[C@H]1C(=O)CC[C@@H](NC(=O)CN(C)C)c1ccccc1.CCN(CC)CC.CN(C)CC(=O)Cl.Cl.ClCCl. The molecule has 2 aromatic rings. The molecule has 2 aromatic carbocycles. The second kappa shape index (κ2) is 39.7. The van der Waals surface area contributed by atoms with Gasteiger partial charge in [-0.2, -0.15) is 0 Å². The van der Waals surface area contributed by atoms with E-state index in [0.717, 1.165) is 30.4 Å². The van der Waals surface area contributed by atoms with Gasteiger partial charge < -0.3 is 25.8 Å². The number of alkyl halides is 2. The molecule has 8 atom stereocenters. The smallest absolute Gasteiger partial charge is 0.235 e. The third kappa shape index (κ3) is 30.1. The van der Waals surface area contributed by atoms with Gasteiger partial charge in [0.1, 0.15) is 11.6 Å². The maximum atomic E-state index is 13.1. The number of amides is 1. The number of carbonyl (C=O) groups excluding carboxylic acids is 4. The lowest BCUT2D eigenvalue weighted by Crippen LogP contribution is -2.37. The summed E-state index contributed by atoms with van der Waals surface area (Å²) in [7, 11) is 7.36. The number of benzene rings is 2. The van der Waals surface area contributed by atoms with Gasteiger partial charge in [-0.3, -0.25) is 19.2 Å². The second-order valence-electron chi connectivity index (χ2n) is 20.1. The number of nitrogens with one attached hydrogen (secondary N) is 1. The molecule has 3 N–H and O–H groups in total. The number of nitrogens with two attached hydrogens (primary N) is 1. The number of halogens is 5. The average Bonchev–Trinajstić information content (AvgIpc) is 3.27. The van der Waals surface area contributed by atoms with Gasteiger partial charge in [0.05, 0.1) is 24.5 Å². The number of carbonyl (C=O) groups is 4. The van der Waals surface area contributed by atoms with Crippen LogP contribution in [0, 0.1) is 47.3 Å². The normalized spacial score (nSPS) is 20.6. The molecule has 0 saturated heterocycles. The van der Waals surface area contributed by atoms with Crippen molar-refractivity contribution in [3.05, 3.63) is 70.7 Å². The molecule has 0 bridgehead atoms. The van der Waals surface area contributed by atoms with E-state index in [2.05, 4.69) is 72.5 Å². The Kier molecular flexibility index (Phi) is 39.9. The van der Waals surface area contributed by atoms with E-state index < -0.39 is 0 Å². The summed E-state index contributed by atoms with van der Waals surface area (Å²) in [5, 5.41) is 3.71. The Hall–Kier alpha value is -1.79. The molecule has 0 spiro atoms. The van der Waals surface area contributed by atoms with Gasteiger partial charge in [0.25, 0.3) is 0 Å². The zero-order valence-electron chi connectivity index (χ0n) is 44.8. The third-order valence-corrected chi connectivity index (χ3v) is 13.8. The Morgan fingerprint density at radius 2 is 1.10 bits per heavy atom. The van der Waals surface area contributed by atoms with Crippen LogP contribution in [0.3, 0.4) is 0 Å². The van der Waals surface area contributed by atoms with Crippen LogP contribution in [0.1, 0.15) is 150 Å². The van der Waals surface area contributed by atoms with Gasteiger partial charge >= 0.3 is 0 Å². The number of rotatable bonds is 20. The minimum Gasteiger partial charge on any atom is -0.348 e. The van der Waals surface area contributed by atoms with Crippen LogP contribution in [0.2, 0.25) is 5.02 Å². The standard InChI is InChI=1S/C24H38N2O2.C20H30ClNO.C6H15N.C4H8ClNO.CH2Cl2.ClH/c1-17(2)20-12-11-18(3)15-21(20)23(27)14-13-22(19-9-7-6-8-10-19)25-24(28)16-26(4)5;1-13(2)15-9-8-14(3)12-17(15)20(23)11-10-19(22)16-6-4-5-7-18(16)21;1-4-7(5-2)6-3;1-6(2)3-4(5)7;2-1-3;/h6-10,17-18,20-22H,11-16H2,1-5H3,(H,25,28);4-7,13-15,17,19H,8-12,22H2,1-3H3;4-6H2,1-3H3;3H2,1-2H3;1H2;1H/t18-,20+,21-,22-;14-,15+,17-,19-;;;;/m11..../s1. The van der Waals surface area contributed by atoms with Crippen molar-refractivity contribution in [1.29, 1.82) is 0 Å². The molecule has 1 amide bonds. The first-order valence-electron chi connectivity index (χ1n) is 25.3. The van der Waals surface area contributed by atoms with Crippen LogP contribution in [-0.2, 0) is 19.2 Å². The van der Waals surface area contributed by atoms with Gasteiger partial charge in [-0.15, -0.1) is 35.6 Å².